The zero-order valence-corrected chi connectivity index (χ0v) is 20.6. The minimum absolute atomic E-state index is 0.152. The van der Waals surface area contributed by atoms with E-state index < -0.39 is 0 Å². The quantitative estimate of drug-likeness (QED) is 0.249. The van der Waals surface area contributed by atoms with Gasteiger partial charge in [0, 0.05) is 41.4 Å². The van der Waals surface area contributed by atoms with Crippen molar-refractivity contribution in [3.05, 3.63) is 48.6 Å². The van der Waals surface area contributed by atoms with Gasteiger partial charge >= 0.3 is 0 Å². The van der Waals surface area contributed by atoms with Crippen molar-refractivity contribution in [2.45, 2.75) is 97.1 Å². The van der Waals surface area contributed by atoms with Crippen molar-refractivity contribution in [1.29, 1.82) is 0 Å². The summed E-state index contributed by atoms with van der Waals surface area (Å²) in [6, 6.07) is 8.73. The Kier molecular flexibility index (Phi) is 8.25. The predicted molar refractivity (Wildman–Crippen MR) is 136 cm³/mol. The fraction of sp³-hybridized carbons (Fsp3) is 0.571. The first-order valence-electron chi connectivity index (χ1n) is 13.0. The molecule has 0 unspecified atom stereocenters. The molecule has 33 heavy (non-hydrogen) atoms. The lowest BCUT2D eigenvalue weighted by molar-refractivity contribution is 0.252. The third-order valence-corrected chi connectivity index (χ3v) is 7.00. The molecule has 5 nitrogen and oxygen atoms in total. The number of benzene rings is 1. The molecule has 0 saturated carbocycles. The highest BCUT2D eigenvalue weighted by molar-refractivity contribution is 5.94. The molecule has 0 radical (unpaired) electrons. The highest BCUT2D eigenvalue weighted by atomic mass is 16.5. The molecule has 1 aromatic carbocycles. The average Bonchev–Trinajstić information content (AvgIpc) is 3.56. The molecule has 2 aromatic heterocycles. The molecule has 5 heteroatoms. The smallest absolute Gasteiger partial charge is 0.249 e. The standard InChI is InChI=1S/C28H40N4O/c1-4-5-6-7-8-9-10-11-14-19-31-21-24(23-16-12-13-17-25(23)31)27-29-28(33-30-27)26-18-15-20-32(26)22(2)3/h12-13,16-17,21,26H,2,4-11,14-15,18-20H2,1,3H3/t26-/m0/s1. The summed E-state index contributed by atoms with van der Waals surface area (Å²) in [6.07, 6.45) is 16.5. The summed E-state index contributed by atoms with van der Waals surface area (Å²) in [6.45, 7) is 10.5. The van der Waals surface area contributed by atoms with Gasteiger partial charge in [0.1, 0.15) is 6.04 Å². The topological polar surface area (TPSA) is 47.1 Å². The lowest BCUT2D eigenvalue weighted by Crippen LogP contribution is -2.20. The van der Waals surface area contributed by atoms with Crippen LogP contribution < -0.4 is 0 Å². The third kappa shape index (κ3) is 5.69. The van der Waals surface area contributed by atoms with E-state index in [0.29, 0.717) is 11.7 Å². The minimum Gasteiger partial charge on any atom is -0.364 e. The fourth-order valence-electron chi connectivity index (χ4n) is 5.16. The lowest BCUT2D eigenvalue weighted by Gasteiger charge is -2.23. The molecule has 1 fully saturated rings. The summed E-state index contributed by atoms with van der Waals surface area (Å²) in [5.41, 5.74) is 3.38. The van der Waals surface area contributed by atoms with E-state index in [1.807, 2.05) is 0 Å². The molecule has 1 aliphatic heterocycles. The van der Waals surface area contributed by atoms with Crippen molar-refractivity contribution in [1.82, 2.24) is 19.6 Å². The summed E-state index contributed by atoms with van der Waals surface area (Å²) in [4.78, 5) is 7.12. The normalized spacial score (nSPS) is 16.2. The van der Waals surface area contributed by atoms with E-state index in [1.54, 1.807) is 0 Å². The summed E-state index contributed by atoms with van der Waals surface area (Å²) < 4.78 is 8.12. The van der Waals surface area contributed by atoms with Gasteiger partial charge in [-0.3, -0.25) is 0 Å². The molecule has 1 saturated heterocycles. The van der Waals surface area contributed by atoms with Crippen LogP contribution in [0.4, 0.5) is 0 Å². The molecule has 1 aliphatic rings. The second-order valence-corrected chi connectivity index (χ2v) is 9.62. The third-order valence-electron chi connectivity index (χ3n) is 7.00. The Morgan fingerprint density at radius 2 is 1.79 bits per heavy atom. The molecule has 1 atom stereocenters. The number of fused-ring (bicyclic) bond motifs is 1. The summed E-state index contributed by atoms with van der Waals surface area (Å²) >= 11 is 0. The van der Waals surface area contributed by atoms with Crippen LogP contribution in [0, 0.1) is 0 Å². The molecule has 0 spiro atoms. The molecule has 0 N–H and O–H groups in total. The maximum atomic E-state index is 5.75. The second-order valence-electron chi connectivity index (χ2n) is 9.62. The van der Waals surface area contributed by atoms with Crippen LogP contribution in [0.15, 0.2) is 47.3 Å². The maximum Gasteiger partial charge on any atom is 0.249 e. The Labute approximate surface area is 198 Å². The van der Waals surface area contributed by atoms with Crippen LogP contribution in [0.3, 0.4) is 0 Å². The van der Waals surface area contributed by atoms with Gasteiger partial charge in [-0.25, -0.2) is 0 Å². The molecule has 4 rings (SSSR count). The number of likely N-dealkylation sites (tertiary alicyclic amines) is 1. The van der Waals surface area contributed by atoms with Crippen molar-refractivity contribution < 1.29 is 4.52 Å². The predicted octanol–water partition coefficient (Wildman–Crippen LogP) is 7.89. The van der Waals surface area contributed by atoms with Crippen molar-refractivity contribution in [3.8, 4) is 11.4 Å². The summed E-state index contributed by atoms with van der Waals surface area (Å²) in [5, 5.41) is 5.58. The summed E-state index contributed by atoms with van der Waals surface area (Å²) in [7, 11) is 0. The van der Waals surface area contributed by atoms with Crippen molar-refractivity contribution in [3.63, 3.8) is 0 Å². The number of aromatic nitrogens is 3. The number of aryl methyl sites for hydroxylation is 1. The molecular formula is C28H40N4O. The van der Waals surface area contributed by atoms with E-state index in [0.717, 1.165) is 37.2 Å². The largest absolute Gasteiger partial charge is 0.364 e. The molecular weight excluding hydrogens is 408 g/mol. The number of hydrogen-bond acceptors (Lipinski definition) is 4. The Balaban J connectivity index is 1.40. The van der Waals surface area contributed by atoms with Crippen molar-refractivity contribution in [2.24, 2.45) is 0 Å². The van der Waals surface area contributed by atoms with Gasteiger partial charge in [-0.1, -0.05) is 88.2 Å². The first-order chi connectivity index (χ1) is 16.2. The van der Waals surface area contributed by atoms with E-state index in [4.69, 9.17) is 9.51 Å². The molecule has 3 aromatic rings. The molecule has 0 aliphatic carbocycles. The van der Waals surface area contributed by atoms with Gasteiger partial charge in [-0.15, -0.1) is 0 Å². The maximum absolute atomic E-state index is 5.75. The van der Waals surface area contributed by atoms with E-state index >= 15 is 0 Å². The lowest BCUT2D eigenvalue weighted by atomic mass is 10.1. The zero-order valence-electron chi connectivity index (χ0n) is 20.6. The summed E-state index contributed by atoms with van der Waals surface area (Å²) in [5.74, 6) is 1.40. The second kappa shape index (κ2) is 11.5. The fourth-order valence-corrected chi connectivity index (χ4v) is 5.16. The number of rotatable bonds is 13. The first-order valence-corrected chi connectivity index (χ1v) is 13.0. The van der Waals surface area contributed by atoms with Crippen LogP contribution in [0.25, 0.3) is 22.3 Å². The molecule has 3 heterocycles. The first kappa shape index (κ1) is 23.6. The van der Waals surface area contributed by atoms with Crippen LogP contribution in [0.5, 0.6) is 0 Å². The zero-order chi connectivity index (χ0) is 23.0. The van der Waals surface area contributed by atoms with E-state index in [-0.39, 0.29) is 6.04 Å². The molecule has 0 bridgehead atoms. The number of allylic oxidation sites excluding steroid dienone is 1. The van der Waals surface area contributed by atoms with Gasteiger partial charge < -0.3 is 14.0 Å². The Bertz CT molecular complexity index is 1030. The minimum atomic E-state index is 0.152. The van der Waals surface area contributed by atoms with Gasteiger partial charge in [0.05, 0.1) is 0 Å². The highest BCUT2D eigenvalue weighted by Gasteiger charge is 2.30. The van der Waals surface area contributed by atoms with E-state index in [1.165, 1.54) is 68.7 Å². The monoisotopic (exact) mass is 448 g/mol. The average molecular weight is 449 g/mol. The van der Waals surface area contributed by atoms with Crippen LogP contribution in [-0.4, -0.2) is 26.2 Å². The van der Waals surface area contributed by atoms with Crippen LogP contribution in [0.1, 0.15) is 96.4 Å². The van der Waals surface area contributed by atoms with Gasteiger partial charge in [0.2, 0.25) is 11.7 Å². The van der Waals surface area contributed by atoms with Crippen molar-refractivity contribution >= 4 is 10.9 Å². The van der Waals surface area contributed by atoms with Gasteiger partial charge in [0.25, 0.3) is 0 Å². The SMILES string of the molecule is C=C(C)N1CCC[C@H]1c1nc(-c2cn(CCCCCCCCCCC)c3ccccc23)no1. The van der Waals surface area contributed by atoms with Crippen LogP contribution in [0.2, 0.25) is 0 Å². The number of nitrogens with zero attached hydrogens (tertiary/aromatic N) is 4. The molecule has 178 valence electrons. The van der Waals surface area contributed by atoms with Crippen LogP contribution >= 0.6 is 0 Å². The van der Waals surface area contributed by atoms with E-state index in [9.17, 15) is 0 Å². The molecule has 0 amide bonds. The van der Waals surface area contributed by atoms with Crippen LogP contribution in [-0.2, 0) is 6.54 Å². The van der Waals surface area contributed by atoms with Crippen molar-refractivity contribution in [2.75, 3.05) is 6.54 Å². The van der Waals surface area contributed by atoms with Gasteiger partial charge in [-0.05, 0) is 32.3 Å². The Morgan fingerprint density at radius 3 is 2.55 bits per heavy atom. The number of para-hydroxylation sites is 1. The van der Waals surface area contributed by atoms with E-state index in [2.05, 4.69) is 65.5 Å². The number of hydrogen-bond donors (Lipinski definition) is 0. The number of unbranched alkanes of at least 4 members (excludes halogenated alkanes) is 8. The van der Waals surface area contributed by atoms with Gasteiger partial charge in [0.15, 0.2) is 0 Å². The van der Waals surface area contributed by atoms with Gasteiger partial charge in [-0.2, -0.15) is 4.98 Å². The Hall–Kier alpha value is -2.56. The Morgan fingerprint density at radius 1 is 1.06 bits per heavy atom. The highest BCUT2D eigenvalue weighted by Crippen LogP contribution is 2.35.